The summed E-state index contributed by atoms with van der Waals surface area (Å²) in [5, 5.41) is 3.26. The molecule has 1 N–H and O–H groups in total. The molecule has 1 aromatic heterocycles. The van der Waals surface area contributed by atoms with Gasteiger partial charge in [-0.15, -0.1) is 0 Å². The second kappa shape index (κ2) is 6.26. The molecule has 0 saturated heterocycles. The first-order valence-corrected chi connectivity index (χ1v) is 6.94. The van der Waals surface area contributed by atoms with Crippen molar-refractivity contribution in [3.05, 3.63) is 63.6 Å². The average Bonchev–Trinajstić information content (AvgIpc) is 2.41. The van der Waals surface area contributed by atoms with E-state index < -0.39 is 0 Å². The highest BCUT2D eigenvalue weighted by Crippen LogP contribution is 2.24. The fourth-order valence-electron chi connectivity index (χ4n) is 2.04. The summed E-state index contributed by atoms with van der Waals surface area (Å²) in [6.07, 6.45) is 2.58. The number of aromatic nitrogens is 1. The number of pyridine rings is 1. The lowest BCUT2D eigenvalue weighted by molar-refractivity contribution is 0.576. The van der Waals surface area contributed by atoms with Crippen molar-refractivity contribution in [1.29, 1.82) is 0 Å². The smallest absolute Gasteiger partial charge is 0.137 e. The molecule has 0 radical (unpaired) electrons. The van der Waals surface area contributed by atoms with E-state index in [1.54, 1.807) is 12.3 Å². The standard InChI is InChI=1S/C15H16BrFN2/c1-10-4-3-7-19-14(10)9-15(18-2)11-5-6-13(17)12(16)8-11/h3-8,15,18H,9H2,1-2H3. The first-order chi connectivity index (χ1) is 9.11. The number of hydrogen-bond acceptors (Lipinski definition) is 2. The van der Waals surface area contributed by atoms with Crippen molar-refractivity contribution in [2.24, 2.45) is 0 Å². The Kier molecular flexibility index (Phi) is 4.66. The molecule has 100 valence electrons. The Labute approximate surface area is 121 Å². The molecule has 19 heavy (non-hydrogen) atoms. The predicted octanol–water partition coefficient (Wildman–Crippen LogP) is 3.79. The van der Waals surface area contributed by atoms with Crippen LogP contribution in [0.5, 0.6) is 0 Å². The summed E-state index contributed by atoms with van der Waals surface area (Å²) in [5.41, 5.74) is 3.27. The molecule has 1 atom stereocenters. The maximum atomic E-state index is 13.3. The van der Waals surface area contributed by atoms with E-state index in [-0.39, 0.29) is 11.9 Å². The van der Waals surface area contributed by atoms with Gasteiger partial charge in [-0.3, -0.25) is 4.98 Å². The third-order valence-electron chi connectivity index (χ3n) is 3.21. The van der Waals surface area contributed by atoms with E-state index in [1.165, 1.54) is 11.6 Å². The molecule has 0 amide bonds. The minimum Gasteiger partial charge on any atom is -0.313 e. The van der Waals surface area contributed by atoms with Crippen LogP contribution in [0.4, 0.5) is 4.39 Å². The monoisotopic (exact) mass is 322 g/mol. The zero-order valence-corrected chi connectivity index (χ0v) is 12.5. The van der Waals surface area contributed by atoms with Gasteiger partial charge >= 0.3 is 0 Å². The summed E-state index contributed by atoms with van der Waals surface area (Å²) in [7, 11) is 1.90. The molecule has 0 spiro atoms. The first-order valence-electron chi connectivity index (χ1n) is 6.14. The van der Waals surface area contributed by atoms with Crippen LogP contribution in [0.25, 0.3) is 0 Å². The first kappa shape index (κ1) is 14.2. The number of likely N-dealkylation sites (N-methyl/N-ethyl adjacent to an activating group) is 1. The SMILES string of the molecule is CNC(Cc1ncccc1C)c1ccc(F)c(Br)c1. The number of nitrogens with zero attached hydrogens (tertiary/aromatic N) is 1. The zero-order chi connectivity index (χ0) is 13.8. The van der Waals surface area contributed by atoms with Gasteiger partial charge in [-0.05, 0) is 59.2 Å². The molecule has 4 heteroatoms. The molecule has 2 rings (SSSR count). The fraction of sp³-hybridized carbons (Fsp3) is 0.267. The lowest BCUT2D eigenvalue weighted by atomic mass is 10.00. The highest BCUT2D eigenvalue weighted by atomic mass is 79.9. The molecule has 1 heterocycles. The van der Waals surface area contributed by atoms with Gasteiger partial charge in [0.05, 0.1) is 4.47 Å². The maximum absolute atomic E-state index is 13.3. The number of hydrogen-bond donors (Lipinski definition) is 1. The molecule has 2 aromatic rings. The van der Waals surface area contributed by atoms with Crippen molar-refractivity contribution in [3.8, 4) is 0 Å². The molecule has 0 bridgehead atoms. The van der Waals surface area contributed by atoms with E-state index >= 15 is 0 Å². The Morgan fingerprint density at radius 3 is 2.79 bits per heavy atom. The van der Waals surface area contributed by atoms with Crippen molar-refractivity contribution in [1.82, 2.24) is 10.3 Å². The summed E-state index contributed by atoms with van der Waals surface area (Å²) in [4.78, 5) is 4.41. The molecule has 1 unspecified atom stereocenters. The minimum absolute atomic E-state index is 0.116. The number of benzene rings is 1. The van der Waals surface area contributed by atoms with Gasteiger partial charge < -0.3 is 5.32 Å². The second-order valence-corrected chi connectivity index (χ2v) is 5.34. The summed E-state index contributed by atoms with van der Waals surface area (Å²) < 4.78 is 13.8. The van der Waals surface area contributed by atoms with Crippen LogP contribution < -0.4 is 5.32 Å². The Balaban J connectivity index is 2.25. The number of nitrogens with one attached hydrogen (secondary N) is 1. The average molecular weight is 323 g/mol. The number of aryl methyl sites for hydroxylation is 1. The van der Waals surface area contributed by atoms with E-state index in [4.69, 9.17) is 0 Å². The molecule has 0 fully saturated rings. The van der Waals surface area contributed by atoms with Crippen LogP contribution >= 0.6 is 15.9 Å². The Bertz CT molecular complexity index is 572. The number of rotatable bonds is 4. The van der Waals surface area contributed by atoms with E-state index in [9.17, 15) is 4.39 Å². The van der Waals surface area contributed by atoms with Gasteiger partial charge in [0.1, 0.15) is 5.82 Å². The molecule has 2 nitrogen and oxygen atoms in total. The van der Waals surface area contributed by atoms with Crippen molar-refractivity contribution in [2.45, 2.75) is 19.4 Å². The molecular weight excluding hydrogens is 307 g/mol. The van der Waals surface area contributed by atoms with Gasteiger partial charge in [0.25, 0.3) is 0 Å². The topological polar surface area (TPSA) is 24.9 Å². The Hall–Kier alpha value is -1.26. The number of halogens is 2. The summed E-state index contributed by atoms with van der Waals surface area (Å²) in [6.45, 7) is 2.05. The van der Waals surface area contributed by atoms with E-state index in [0.29, 0.717) is 4.47 Å². The van der Waals surface area contributed by atoms with Gasteiger partial charge in [0.15, 0.2) is 0 Å². The van der Waals surface area contributed by atoms with Crippen LogP contribution in [0.3, 0.4) is 0 Å². The van der Waals surface area contributed by atoms with Gasteiger partial charge in [0, 0.05) is 24.4 Å². The molecule has 0 aliphatic heterocycles. The third kappa shape index (κ3) is 3.39. The molecular formula is C15H16BrFN2. The maximum Gasteiger partial charge on any atom is 0.137 e. The van der Waals surface area contributed by atoms with Crippen molar-refractivity contribution < 1.29 is 4.39 Å². The summed E-state index contributed by atoms with van der Waals surface area (Å²) in [6, 6.07) is 9.20. The second-order valence-electron chi connectivity index (χ2n) is 4.49. The van der Waals surface area contributed by atoms with Gasteiger partial charge in [-0.2, -0.15) is 0 Å². The zero-order valence-electron chi connectivity index (χ0n) is 11.0. The quantitative estimate of drug-likeness (QED) is 0.926. The highest BCUT2D eigenvalue weighted by molar-refractivity contribution is 9.10. The van der Waals surface area contributed by atoms with Crippen LogP contribution in [-0.4, -0.2) is 12.0 Å². The van der Waals surface area contributed by atoms with Crippen LogP contribution in [0, 0.1) is 12.7 Å². The predicted molar refractivity (Wildman–Crippen MR) is 78.6 cm³/mol. The van der Waals surface area contributed by atoms with Crippen LogP contribution in [0.1, 0.15) is 22.9 Å². The molecule has 1 aromatic carbocycles. The van der Waals surface area contributed by atoms with Crippen LogP contribution in [0.2, 0.25) is 0 Å². The Morgan fingerprint density at radius 1 is 1.37 bits per heavy atom. The van der Waals surface area contributed by atoms with Crippen LogP contribution in [-0.2, 0) is 6.42 Å². The van der Waals surface area contributed by atoms with Gasteiger partial charge in [-0.1, -0.05) is 12.1 Å². The van der Waals surface area contributed by atoms with Crippen LogP contribution in [0.15, 0.2) is 41.0 Å². The normalized spacial score (nSPS) is 12.4. The largest absolute Gasteiger partial charge is 0.313 e. The molecule has 0 aliphatic rings. The lowest BCUT2D eigenvalue weighted by Crippen LogP contribution is -2.20. The van der Waals surface area contributed by atoms with E-state index in [0.717, 1.165) is 17.7 Å². The van der Waals surface area contributed by atoms with E-state index in [2.05, 4.69) is 39.2 Å². The molecule has 0 saturated carbocycles. The van der Waals surface area contributed by atoms with Crippen molar-refractivity contribution >= 4 is 15.9 Å². The lowest BCUT2D eigenvalue weighted by Gasteiger charge is -2.17. The minimum atomic E-state index is -0.243. The summed E-state index contributed by atoms with van der Waals surface area (Å²) >= 11 is 3.23. The fourth-order valence-corrected chi connectivity index (χ4v) is 2.44. The van der Waals surface area contributed by atoms with Crippen molar-refractivity contribution in [3.63, 3.8) is 0 Å². The van der Waals surface area contributed by atoms with Gasteiger partial charge in [-0.25, -0.2) is 4.39 Å². The van der Waals surface area contributed by atoms with E-state index in [1.807, 2.05) is 19.2 Å². The van der Waals surface area contributed by atoms with Gasteiger partial charge in [0.2, 0.25) is 0 Å². The third-order valence-corrected chi connectivity index (χ3v) is 3.82. The highest BCUT2D eigenvalue weighted by Gasteiger charge is 2.13. The summed E-state index contributed by atoms with van der Waals surface area (Å²) in [5.74, 6) is -0.243. The molecule has 0 aliphatic carbocycles. The van der Waals surface area contributed by atoms with Crippen molar-refractivity contribution in [2.75, 3.05) is 7.05 Å². The Morgan fingerprint density at radius 2 is 2.16 bits per heavy atom.